The molecule has 2 saturated carbocycles. The van der Waals surface area contributed by atoms with Gasteiger partial charge in [0.2, 0.25) is 0 Å². The molecule has 2 rings (SSSR count). The summed E-state index contributed by atoms with van der Waals surface area (Å²) in [6.07, 6.45) is 11.5. The van der Waals surface area contributed by atoms with E-state index in [1.807, 2.05) is 0 Å². The summed E-state index contributed by atoms with van der Waals surface area (Å²) < 4.78 is 0. The van der Waals surface area contributed by atoms with Crippen molar-refractivity contribution < 1.29 is 0 Å². The highest BCUT2D eigenvalue weighted by Gasteiger charge is 2.46. The van der Waals surface area contributed by atoms with Gasteiger partial charge in [-0.05, 0) is 60.0 Å². The minimum absolute atomic E-state index is 0.369. The second kappa shape index (κ2) is 3.98. The van der Waals surface area contributed by atoms with Crippen LogP contribution >= 0.6 is 10.0 Å². The van der Waals surface area contributed by atoms with Crippen LogP contribution in [0.4, 0.5) is 0 Å². The average Bonchev–Trinajstić information content (AvgIpc) is 2.77. The monoisotopic (exact) mass is 228 g/mol. The van der Waals surface area contributed by atoms with Gasteiger partial charge in [0.15, 0.2) is 0 Å². The van der Waals surface area contributed by atoms with Crippen LogP contribution in [0.2, 0.25) is 0 Å². The maximum Gasteiger partial charge on any atom is -0.00832 e. The maximum atomic E-state index is 2.61. The molecule has 15 heavy (non-hydrogen) atoms. The van der Waals surface area contributed by atoms with E-state index in [1.165, 1.54) is 0 Å². The Morgan fingerprint density at radius 1 is 1.00 bits per heavy atom. The maximum absolute atomic E-state index is 2.61. The van der Waals surface area contributed by atoms with E-state index < -0.39 is 0 Å². The fourth-order valence-electron chi connectivity index (χ4n) is 3.91. The Morgan fingerprint density at radius 3 is 2.07 bits per heavy atom. The lowest BCUT2D eigenvalue weighted by Gasteiger charge is -2.48. The molecule has 0 aromatic rings. The molecule has 90 valence electrons. The van der Waals surface area contributed by atoms with Crippen molar-refractivity contribution in [3.63, 3.8) is 0 Å². The molecule has 0 aromatic carbocycles. The summed E-state index contributed by atoms with van der Waals surface area (Å²) in [5, 5.41) is 2.05. The molecule has 0 aromatic heterocycles. The van der Waals surface area contributed by atoms with Gasteiger partial charge < -0.3 is 0 Å². The third-order valence-electron chi connectivity index (χ3n) is 5.35. The van der Waals surface area contributed by atoms with E-state index in [0.29, 0.717) is 0 Å². The largest absolute Gasteiger partial charge is 0.241 e. The zero-order valence-corrected chi connectivity index (χ0v) is 11.9. The van der Waals surface area contributed by atoms with E-state index in [-0.39, 0.29) is 10.0 Å². The Morgan fingerprint density at radius 2 is 1.67 bits per heavy atom. The SMILES string of the molecule is CC(C)C(C)S(C)(C)C1CC2CCC1C2. The lowest BCUT2D eigenvalue weighted by molar-refractivity contribution is 0.484. The quantitative estimate of drug-likeness (QED) is 0.676. The predicted octanol–water partition coefficient (Wildman–Crippen LogP) is 4.28. The van der Waals surface area contributed by atoms with Crippen molar-refractivity contribution >= 4 is 10.0 Å². The van der Waals surface area contributed by atoms with Crippen LogP contribution in [-0.2, 0) is 0 Å². The van der Waals surface area contributed by atoms with Crippen molar-refractivity contribution in [3.8, 4) is 0 Å². The van der Waals surface area contributed by atoms with Gasteiger partial charge in [-0.2, -0.15) is 0 Å². The molecule has 0 amide bonds. The summed E-state index contributed by atoms with van der Waals surface area (Å²) in [5.74, 6) is 3.10. The molecule has 0 saturated heterocycles. The highest BCUT2D eigenvalue weighted by molar-refractivity contribution is 8.33. The smallest absolute Gasteiger partial charge is 0.00832 e. The van der Waals surface area contributed by atoms with Gasteiger partial charge in [0, 0.05) is 0 Å². The number of rotatable bonds is 3. The van der Waals surface area contributed by atoms with Gasteiger partial charge in [-0.15, -0.1) is 0 Å². The molecule has 2 bridgehead atoms. The molecule has 0 aliphatic heterocycles. The van der Waals surface area contributed by atoms with E-state index in [1.54, 1.807) is 25.7 Å². The first-order valence-corrected chi connectivity index (χ1v) is 9.21. The Bertz CT molecular complexity index is 231. The van der Waals surface area contributed by atoms with Crippen molar-refractivity contribution in [3.05, 3.63) is 0 Å². The molecule has 2 fully saturated rings. The average molecular weight is 228 g/mol. The predicted molar refractivity (Wildman–Crippen MR) is 73.0 cm³/mol. The topological polar surface area (TPSA) is 0 Å². The molecule has 0 N–H and O–H groups in total. The fraction of sp³-hybridized carbons (Fsp3) is 1.00. The first-order valence-electron chi connectivity index (χ1n) is 6.64. The molecule has 0 nitrogen and oxygen atoms in total. The van der Waals surface area contributed by atoms with Gasteiger partial charge in [0.05, 0.1) is 0 Å². The molecule has 0 radical (unpaired) electrons. The minimum atomic E-state index is -0.369. The van der Waals surface area contributed by atoms with E-state index >= 15 is 0 Å². The summed E-state index contributed by atoms with van der Waals surface area (Å²) in [5.41, 5.74) is 0. The Kier molecular flexibility index (Phi) is 3.14. The second-order valence-electron chi connectivity index (χ2n) is 6.65. The normalized spacial score (nSPS) is 38.7. The highest BCUT2D eigenvalue weighted by Crippen LogP contribution is 2.63. The summed E-state index contributed by atoms with van der Waals surface area (Å²) in [4.78, 5) is 0. The van der Waals surface area contributed by atoms with Crippen molar-refractivity contribution in [1.82, 2.24) is 0 Å². The van der Waals surface area contributed by atoms with Crippen LogP contribution in [0.25, 0.3) is 0 Å². The number of fused-ring (bicyclic) bond motifs is 2. The number of hydrogen-bond donors (Lipinski definition) is 0. The van der Waals surface area contributed by atoms with Crippen LogP contribution in [0.15, 0.2) is 0 Å². The Balaban J connectivity index is 2.09. The van der Waals surface area contributed by atoms with Crippen molar-refractivity contribution in [2.24, 2.45) is 17.8 Å². The third kappa shape index (κ3) is 1.97. The Labute approximate surface area is 97.5 Å². The summed E-state index contributed by atoms with van der Waals surface area (Å²) in [7, 11) is -0.369. The van der Waals surface area contributed by atoms with Crippen molar-refractivity contribution in [2.45, 2.75) is 57.0 Å². The first-order chi connectivity index (χ1) is 6.93. The van der Waals surface area contributed by atoms with Gasteiger partial charge in [-0.3, -0.25) is 0 Å². The van der Waals surface area contributed by atoms with Gasteiger partial charge >= 0.3 is 0 Å². The number of hydrogen-bond acceptors (Lipinski definition) is 0. The molecular formula is C14H28S. The van der Waals surface area contributed by atoms with Gasteiger partial charge in [-0.1, -0.05) is 27.2 Å². The van der Waals surface area contributed by atoms with Gasteiger partial charge in [-0.25, -0.2) is 10.0 Å². The molecule has 0 spiro atoms. The summed E-state index contributed by atoms with van der Waals surface area (Å²) in [6, 6.07) is 0. The minimum Gasteiger partial charge on any atom is -0.241 e. The summed E-state index contributed by atoms with van der Waals surface area (Å²) >= 11 is 0. The van der Waals surface area contributed by atoms with Gasteiger partial charge in [0.1, 0.15) is 0 Å². The standard InChI is InChI=1S/C14H28S/c1-10(2)11(3)15(4,5)14-9-12-6-7-13(14)8-12/h10-14H,6-9H2,1-5H3. The van der Waals surface area contributed by atoms with Crippen LogP contribution in [0.1, 0.15) is 46.5 Å². The van der Waals surface area contributed by atoms with E-state index in [2.05, 4.69) is 33.3 Å². The molecule has 0 heterocycles. The molecule has 4 unspecified atom stereocenters. The van der Waals surface area contributed by atoms with Crippen LogP contribution in [-0.4, -0.2) is 23.0 Å². The van der Waals surface area contributed by atoms with Crippen LogP contribution in [0.3, 0.4) is 0 Å². The zero-order valence-electron chi connectivity index (χ0n) is 11.1. The van der Waals surface area contributed by atoms with Crippen LogP contribution in [0.5, 0.6) is 0 Å². The van der Waals surface area contributed by atoms with E-state index in [9.17, 15) is 0 Å². The molecular weight excluding hydrogens is 200 g/mol. The Hall–Kier alpha value is 0.350. The van der Waals surface area contributed by atoms with Crippen molar-refractivity contribution in [2.75, 3.05) is 12.5 Å². The molecule has 2 aliphatic carbocycles. The summed E-state index contributed by atoms with van der Waals surface area (Å²) in [6.45, 7) is 7.32. The second-order valence-corrected chi connectivity index (χ2v) is 11.0. The highest BCUT2D eigenvalue weighted by atomic mass is 32.3. The fourth-order valence-corrected chi connectivity index (χ4v) is 7.87. The van der Waals surface area contributed by atoms with Crippen LogP contribution in [0, 0.1) is 17.8 Å². The van der Waals surface area contributed by atoms with Crippen LogP contribution < -0.4 is 0 Å². The molecule has 1 heteroatoms. The van der Waals surface area contributed by atoms with Gasteiger partial charge in [0.25, 0.3) is 0 Å². The van der Waals surface area contributed by atoms with E-state index in [0.717, 1.165) is 28.3 Å². The molecule has 2 aliphatic rings. The third-order valence-corrected chi connectivity index (χ3v) is 9.95. The van der Waals surface area contributed by atoms with Crippen molar-refractivity contribution in [1.29, 1.82) is 0 Å². The zero-order chi connectivity index (χ0) is 11.2. The lowest BCUT2D eigenvalue weighted by atomic mass is 10.0. The lowest BCUT2D eigenvalue weighted by Crippen LogP contribution is -2.32. The first kappa shape index (κ1) is 11.8. The molecule has 4 atom stereocenters. The van der Waals surface area contributed by atoms with E-state index in [4.69, 9.17) is 0 Å².